The van der Waals surface area contributed by atoms with Gasteiger partial charge in [-0.2, -0.15) is 0 Å². The summed E-state index contributed by atoms with van der Waals surface area (Å²) in [5.74, 6) is -0.862. The Balaban J connectivity index is 3.05. The Bertz CT molecular complexity index is 476. The largest absolute Gasteiger partial charge is 0.460 e. The SMILES string of the molecule is C=CCOC(=O)C(C=C)(Cc1ccccc1)C(C)=O. The molecule has 0 saturated heterocycles. The molecule has 1 aromatic rings. The number of ether oxygens (including phenoxy) is 1. The summed E-state index contributed by atoms with van der Waals surface area (Å²) in [4.78, 5) is 24.0. The fraction of sp³-hybridized carbons (Fsp3) is 0.250. The van der Waals surface area contributed by atoms with Gasteiger partial charge in [0.2, 0.25) is 0 Å². The second-order valence-corrected chi connectivity index (χ2v) is 4.28. The highest BCUT2D eigenvalue weighted by molar-refractivity contribution is 6.05. The number of esters is 1. The highest BCUT2D eigenvalue weighted by Gasteiger charge is 2.42. The highest BCUT2D eigenvalue weighted by Crippen LogP contribution is 2.28. The first-order valence-corrected chi connectivity index (χ1v) is 6.03. The van der Waals surface area contributed by atoms with Gasteiger partial charge in [0.15, 0.2) is 5.78 Å². The van der Waals surface area contributed by atoms with Crippen molar-refractivity contribution in [1.82, 2.24) is 0 Å². The lowest BCUT2D eigenvalue weighted by Crippen LogP contribution is -2.39. The number of carbonyl (C=O) groups is 2. The van der Waals surface area contributed by atoms with Gasteiger partial charge in [-0.05, 0) is 18.9 Å². The third-order valence-electron chi connectivity index (χ3n) is 3.00. The molecule has 0 radical (unpaired) electrons. The van der Waals surface area contributed by atoms with Gasteiger partial charge in [0.1, 0.15) is 12.0 Å². The Labute approximate surface area is 113 Å². The summed E-state index contributed by atoms with van der Waals surface area (Å²) in [7, 11) is 0. The molecule has 0 aliphatic rings. The molecule has 0 aromatic heterocycles. The first kappa shape index (κ1) is 14.9. The maximum absolute atomic E-state index is 12.1. The minimum Gasteiger partial charge on any atom is -0.460 e. The Morgan fingerprint density at radius 2 is 1.89 bits per heavy atom. The topological polar surface area (TPSA) is 43.4 Å². The summed E-state index contributed by atoms with van der Waals surface area (Å²) in [5.41, 5.74) is -0.446. The van der Waals surface area contributed by atoms with Crippen LogP contribution < -0.4 is 0 Å². The first-order valence-electron chi connectivity index (χ1n) is 6.03. The number of hydrogen-bond acceptors (Lipinski definition) is 3. The van der Waals surface area contributed by atoms with Crippen LogP contribution in [0, 0.1) is 5.41 Å². The third-order valence-corrected chi connectivity index (χ3v) is 3.00. The minimum absolute atomic E-state index is 0.0799. The van der Waals surface area contributed by atoms with E-state index in [9.17, 15) is 9.59 Å². The van der Waals surface area contributed by atoms with Gasteiger partial charge in [-0.15, -0.1) is 6.58 Å². The number of hydrogen-bond donors (Lipinski definition) is 0. The second-order valence-electron chi connectivity index (χ2n) is 4.28. The predicted molar refractivity (Wildman–Crippen MR) is 74.6 cm³/mol. The van der Waals surface area contributed by atoms with E-state index in [1.807, 2.05) is 30.3 Å². The lowest BCUT2D eigenvalue weighted by atomic mass is 9.78. The van der Waals surface area contributed by atoms with Crippen LogP contribution in [0.1, 0.15) is 12.5 Å². The van der Waals surface area contributed by atoms with Gasteiger partial charge in [-0.1, -0.05) is 49.1 Å². The highest BCUT2D eigenvalue weighted by atomic mass is 16.5. The molecule has 19 heavy (non-hydrogen) atoms. The molecule has 3 heteroatoms. The molecule has 0 aliphatic heterocycles. The van der Waals surface area contributed by atoms with Gasteiger partial charge in [-0.3, -0.25) is 9.59 Å². The standard InChI is InChI=1S/C16H18O3/c1-4-11-19-15(18)16(5-2,13(3)17)12-14-9-7-6-8-10-14/h4-10H,1-2,11-12H2,3H3. The maximum atomic E-state index is 12.1. The van der Waals surface area contributed by atoms with Crippen molar-refractivity contribution < 1.29 is 14.3 Å². The molecular formula is C16H18O3. The fourth-order valence-corrected chi connectivity index (χ4v) is 1.82. The average Bonchev–Trinajstić information content (AvgIpc) is 2.43. The quantitative estimate of drug-likeness (QED) is 0.429. The van der Waals surface area contributed by atoms with Crippen LogP contribution in [0.25, 0.3) is 0 Å². The zero-order chi connectivity index (χ0) is 14.3. The van der Waals surface area contributed by atoms with Crippen LogP contribution in [0.2, 0.25) is 0 Å². The van der Waals surface area contributed by atoms with Crippen molar-refractivity contribution in [1.29, 1.82) is 0 Å². The van der Waals surface area contributed by atoms with E-state index in [1.165, 1.54) is 19.1 Å². The number of ketones is 1. The molecule has 0 bridgehead atoms. The number of carbonyl (C=O) groups excluding carboxylic acids is 2. The van der Waals surface area contributed by atoms with Crippen LogP contribution >= 0.6 is 0 Å². The molecule has 1 rings (SSSR count). The van der Waals surface area contributed by atoms with Crippen molar-refractivity contribution in [3.05, 3.63) is 61.2 Å². The van der Waals surface area contributed by atoms with Crippen LogP contribution in [0.5, 0.6) is 0 Å². The molecule has 0 aliphatic carbocycles. The summed E-state index contributed by atoms with van der Waals surface area (Å²) in [6.07, 6.45) is 3.09. The van der Waals surface area contributed by atoms with Crippen LogP contribution in [0.15, 0.2) is 55.6 Å². The molecule has 1 aromatic carbocycles. The summed E-state index contributed by atoms with van der Waals surface area (Å²) in [6, 6.07) is 9.32. The molecule has 0 N–H and O–H groups in total. The Morgan fingerprint density at radius 3 is 2.37 bits per heavy atom. The zero-order valence-corrected chi connectivity index (χ0v) is 11.1. The van der Waals surface area contributed by atoms with Crippen LogP contribution in [0.4, 0.5) is 0 Å². The maximum Gasteiger partial charge on any atom is 0.324 e. The molecule has 0 heterocycles. The van der Waals surface area contributed by atoms with E-state index in [2.05, 4.69) is 13.2 Å². The Hall–Kier alpha value is -2.16. The molecular weight excluding hydrogens is 240 g/mol. The van der Waals surface area contributed by atoms with E-state index < -0.39 is 11.4 Å². The van der Waals surface area contributed by atoms with Crippen LogP contribution in [-0.4, -0.2) is 18.4 Å². The zero-order valence-electron chi connectivity index (χ0n) is 11.1. The van der Waals surface area contributed by atoms with Crippen LogP contribution in [-0.2, 0) is 20.7 Å². The normalized spacial score (nSPS) is 13.1. The Kier molecular flexibility index (Phi) is 5.24. The predicted octanol–water partition coefficient (Wildman–Crippen LogP) is 2.72. The summed E-state index contributed by atoms with van der Waals surface area (Å²) < 4.78 is 5.03. The molecule has 1 atom stereocenters. The van der Waals surface area contributed by atoms with E-state index >= 15 is 0 Å². The fourth-order valence-electron chi connectivity index (χ4n) is 1.82. The van der Waals surface area contributed by atoms with Gasteiger partial charge >= 0.3 is 5.97 Å². The van der Waals surface area contributed by atoms with Gasteiger partial charge < -0.3 is 4.74 Å². The van der Waals surface area contributed by atoms with Gasteiger partial charge in [0, 0.05) is 0 Å². The van der Waals surface area contributed by atoms with Crippen molar-refractivity contribution in [3.63, 3.8) is 0 Å². The summed E-state index contributed by atoms with van der Waals surface area (Å²) >= 11 is 0. The molecule has 1 unspecified atom stereocenters. The molecule has 0 amide bonds. The van der Waals surface area contributed by atoms with E-state index in [0.717, 1.165) is 5.56 Å². The first-order chi connectivity index (χ1) is 9.06. The smallest absolute Gasteiger partial charge is 0.324 e. The monoisotopic (exact) mass is 258 g/mol. The van der Waals surface area contributed by atoms with Crippen molar-refractivity contribution in [3.8, 4) is 0 Å². The number of Topliss-reactive ketones (excluding diaryl/α,β-unsaturated/α-hetero) is 1. The van der Waals surface area contributed by atoms with E-state index in [0.29, 0.717) is 0 Å². The minimum atomic E-state index is -1.33. The lowest BCUT2D eigenvalue weighted by Gasteiger charge is -2.25. The molecule has 100 valence electrons. The van der Waals surface area contributed by atoms with Crippen molar-refractivity contribution in [2.24, 2.45) is 5.41 Å². The number of benzene rings is 1. The van der Waals surface area contributed by atoms with Gasteiger partial charge in [0.25, 0.3) is 0 Å². The third kappa shape index (κ3) is 3.41. The molecule has 0 spiro atoms. The summed E-state index contributed by atoms with van der Waals surface area (Å²) in [5, 5.41) is 0. The lowest BCUT2D eigenvalue weighted by molar-refractivity contribution is -0.155. The van der Waals surface area contributed by atoms with Crippen molar-refractivity contribution >= 4 is 11.8 Å². The van der Waals surface area contributed by atoms with Gasteiger partial charge in [0.05, 0.1) is 0 Å². The molecule has 3 nitrogen and oxygen atoms in total. The van der Waals surface area contributed by atoms with Crippen molar-refractivity contribution in [2.75, 3.05) is 6.61 Å². The van der Waals surface area contributed by atoms with Gasteiger partial charge in [-0.25, -0.2) is 0 Å². The average molecular weight is 258 g/mol. The summed E-state index contributed by atoms with van der Waals surface area (Å²) in [6.45, 7) is 8.57. The van der Waals surface area contributed by atoms with Crippen LogP contribution in [0.3, 0.4) is 0 Å². The van der Waals surface area contributed by atoms with E-state index in [-0.39, 0.29) is 18.8 Å². The number of rotatable bonds is 7. The van der Waals surface area contributed by atoms with Crippen molar-refractivity contribution in [2.45, 2.75) is 13.3 Å². The second kappa shape index (κ2) is 6.69. The molecule has 0 saturated carbocycles. The van der Waals surface area contributed by atoms with E-state index in [4.69, 9.17) is 4.74 Å². The van der Waals surface area contributed by atoms with E-state index in [1.54, 1.807) is 0 Å². The Morgan fingerprint density at radius 1 is 1.26 bits per heavy atom. The molecule has 0 fully saturated rings.